The number of fused-ring (bicyclic) bond motifs is 1. The summed E-state index contributed by atoms with van der Waals surface area (Å²) in [5.41, 5.74) is 5.43. The summed E-state index contributed by atoms with van der Waals surface area (Å²) >= 11 is 6.19. The average molecular weight is 392 g/mol. The van der Waals surface area contributed by atoms with Crippen LogP contribution in [0.3, 0.4) is 0 Å². The zero-order valence-electron chi connectivity index (χ0n) is 15.2. The molecular weight excluding hydrogens is 369 g/mol. The third-order valence-electron chi connectivity index (χ3n) is 5.15. The Hall–Kier alpha value is -2.25. The lowest BCUT2D eigenvalue weighted by molar-refractivity contribution is 0.211. The molecule has 1 saturated heterocycles. The molecule has 0 bridgehead atoms. The molecule has 1 aromatic carbocycles. The number of nitrogens with zero attached hydrogens (tertiary/aromatic N) is 3. The lowest BCUT2D eigenvalue weighted by Crippen LogP contribution is -2.38. The molecule has 0 aliphatic carbocycles. The number of likely N-dealkylation sites (tertiary alicyclic amines) is 1. The molecule has 144 valence electrons. The number of allylic oxidation sites excluding steroid dienone is 1. The van der Waals surface area contributed by atoms with Crippen LogP contribution in [0.1, 0.15) is 24.5 Å². The minimum absolute atomic E-state index is 0.294. The van der Waals surface area contributed by atoms with E-state index in [4.69, 9.17) is 16.1 Å². The molecule has 8 heteroatoms. The lowest BCUT2D eigenvalue weighted by Gasteiger charge is -2.31. The van der Waals surface area contributed by atoms with E-state index in [1.54, 1.807) is 12.3 Å². The van der Waals surface area contributed by atoms with Gasteiger partial charge in [-0.15, -0.1) is 0 Å². The van der Waals surface area contributed by atoms with E-state index in [0.717, 1.165) is 55.8 Å². The van der Waals surface area contributed by atoms with Gasteiger partial charge >= 0.3 is 0 Å². The van der Waals surface area contributed by atoms with Gasteiger partial charge in [-0.1, -0.05) is 16.8 Å². The highest BCUT2D eigenvalue weighted by atomic mass is 35.5. The summed E-state index contributed by atoms with van der Waals surface area (Å²) < 4.78 is 18.6. The van der Waals surface area contributed by atoms with Gasteiger partial charge < -0.3 is 20.2 Å². The van der Waals surface area contributed by atoms with Gasteiger partial charge in [0.15, 0.2) is 5.58 Å². The predicted molar refractivity (Wildman–Crippen MR) is 103 cm³/mol. The predicted octanol–water partition coefficient (Wildman–Crippen LogP) is 3.11. The number of hydrazine groups is 1. The van der Waals surface area contributed by atoms with Crippen LogP contribution in [0.4, 0.5) is 4.39 Å². The Morgan fingerprint density at radius 1 is 1.37 bits per heavy atom. The topological polar surface area (TPSA) is 56.6 Å². The third kappa shape index (κ3) is 4.04. The van der Waals surface area contributed by atoms with Crippen molar-refractivity contribution < 1.29 is 8.91 Å². The van der Waals surface area contributed by atoms with Crippen LogP contribution < -0.4 is 10.7 Å². The maximum absolute atomic E-state index is 13.3. The first-order valence-corrected chi connectivity index (χ1v) is 9.56. The van der Waals surface area contributed by atoms with Gasteiger partial charge in [-0.3, -0.25) is 5.01 Å². The summed E-state index contributed by atoms with van der Waals surface area (Å²) in [5.74, 6) is 0.0663. The number of hydrogen-bond acceptors (Lipinski definition) is 6. The minimum atomic E-state index is -0.294. The summed E-state index contributed by atoms with van der Waals surface area (Å²) in [6.45, 7) is 3.80. The SMILES string of the molecule is CN1C=C(NCCN2CCC(c3noc4cc(F)ccc34)CC2)C(Cl)=CN1. The molecule has 0 atom stereocenters. The van der Waals surface area contributed by atoms with Crippen molar-refractivity contribution >= 4 is 22.6 Å². The monoisotopic (exact) mass is 391 g/mol. The van der Waals surface area contributed by atoms with Crippen LogP contribution in [0.2, 0.25) is 0 Å². The highest BCUT2D eigenvalue weighted by Gasteiger charge is 2.25. The summed E-state index contributed by atoms with van der Waals surface area (Å²) in [7, 11) is 1.92. The highest BCUT2D eigenvalue weighted by Crippen LogP contribution is 2.32. The molecule has 1 aromatic heterocycles. The lowest BCUT2D eigenvalue weighted by atomic mass is 9.91. The van der Waals surface area contributed by atoms with Crippen LogP contribution in [0, 0.1) is 5.82 Å². The summed E-state index contributed by atoms with van der Waals surface area (Å²) in [6.07, 6.45) is 5.75. The standard InChI is InChI=1S/C19H23ClFN5O/c1-25-12-17(16(20)11-23-25)22-6-9-26-7-4-13(5-8-26)19-15-3-2-14(21)10-18(15)27-24-19/h2-3,10-13,22-23H,4-9H2,1H3. The molecule has 3 heterocycles. The second kappa shape index (κ2) is 7.78. The number of piperidine rings is 1. The maximum Gasteiger partial charge on any atom is 0.170 e. The zero-order valence-corrected chi connectivity index (χ0v) is 16.0. The highest BCUT2D eigenvalue weighted by molar-refractivity contribution is 6.31. The Morgan fingerprint density at radius 2 is 2.19 bits per heavy atom. The fourth-order valence-electron chi connectivity index (χ4n) is 3.66. The van der Waals surface area contributed by atoms with Crippen molar-refractivity contribution in [2.24, 2.45) is 0 Å². The van der Waals surface area contributed by atoms with Crippen molar-refractivity contribution in [3.63, 3.8) is 0 Å². The molecule has 27 heavy (non-hydrogen) atoms. The maximum atomic E-state index is 13.3. The van der Waals surface area contributed by atoms with Crippen LogP contribution >= 0.6 is 11.6 Å². The quantitative estimate of drug-likeness (QED) is 0.816. The van der Waals surface area contributed by atoms with Gasteiger partial charge in [0.2, 0.25) is 0 Å². The van der Waals surface area contributed by atoms with Gasteiger partial charge in [-0.25, -0.2) is 4.39 Å². The molecule has 1 fully saturated rings. The number of benzene rings is 1. The molecule has 2 aliphatic heterocycles. The molecule has 0 saturated carbocycles. The summed E-state index contributed by atoms with van der Waals surface area (Å²) in [5, 5.41) is 11.1. The Labute approximate surface area is 162 Å². The van der Waals surface area contributed by atoms with Crippen LogP contribution in [-0.4, -0.2) is 48.3 Å². The van der Waals surface area contributed by atoms with Gasteiger partial charge in [-0.2, -0.15) is 0 Å². The van der Waals surface area contributed by atoms with Gasteiger partial charge in [0.1, 0.15) is 5.82 Å². The van der Waals surface area contributed by atoms with Crippen molar-refractivity contribution in [2.45, 2.75) is 18.8 Å². The summed E-state index contributed by atoms with van der Waals surface area (Å²) in [4.78, 5) is 2.44. The van der Waals surface area contributed by atoms with Crippen molar-refractivity contribution in [1.82, 2.24) is 25.8 Å². The van der Waals surface area contributed by atoms with Crippen molar-refractivity contribution in [1.29, 1.82) is 0 Å². The van der Waals surface area contributed by atoms with E-state index in [-0.39, 0.29) is 5.82 Å². The van der Waals surface area contributed by atoms with E-state index < -0.39 is 0 Å². The van der Waals surface area contributed by atoms with E-state index in [1.165, 1.54) is 12.1 Å². The molecular formula is C19H23ClFN5O. The number of aromatic nitrogens is 1. The third-order valence-corrected chi connectivity index (χ3v) is 5.47. The Bertz CT molecular complexity index is 872. The molecule has 6 nitrogen and oxygen atoms in total. The minimum Gasteiger partial charge on any atom is -0.381 e. The fourth-order valence-corrected chi connectivity index (χ4v) is 3.83. The van der Waals surface area contributed by atoms with E-state index in [1.807, 2.05) is 18.3 Å². The Balaban J connectivity index is 1.28. The summed E-state index contributed by atoms with van der Waals surface area (Å²) in [6, 6.07) is 4.64. The van der Waals surface area contributed by atoms with Crippen molar-refractivity contribution in [2.75, 3.05) is 33.2 Å². The molecule has 0 radical (unpaired) electrons. The molecule has 0 unspecified atom stereocenters. The molecule has 2 aliphatic rings. The first-order valence-electron chi connectivity index (χ1n) is 9.18. The average Bonchev–Trinajstić information content (AvgIpc) is 3.08. The largest absolute Gasteiger partial charge is 0.381 e. The first kappa shape index (κ1) is 18.1. The molecule has 2 aromatic rings. The van der Waals surface area contributed by atoms with Gasteiger partial charge in [0.05, 0.1) is 16.4 Å². The van der Waals surface area contributed by atoms with Crippen LogP contribution in [0.25, 0.3) is 11.0 Å². The number of rotatable bonds is 5. The van der Waals surface area contributed by atoms with Gasteiger partial charge in [0, 0.05) is 49.9 Å². The zero-order chi connectivity index (χ0) is 18.8. The second-order valence-electron chi connectivity index (χ2n) is 7.03. The van der Waals surface area contributed by atoms with Crippen LogP contribution in [0.5, 0.6) is 0 Å². The van der Waals surface area contributed by atoms with E-state index in [2.05, 4.69) is 20.8 Å². The second-order valence-corrected chi connectivity index (χ2v) is 7.43. The van der Waals surface area contributed by atoms with Crippen molar-refractivity contribution in [3.8, 4) is 0 Å². The molecule has 2 N–H and O–H groups in total. The van der Waals surface area contributed by atoms with Crippen molar-refractivity contribution in [3.05, 3.63) is 52.8 Å². The molecule has 4 rings (SSSR count). The smallest absolute Gasteiger partial charge is 0.170 e. The Kier molecular flexibility index (Phi) is 5.22. The van der Waals surface area contributed by atoms with Crippen LogP contribution in [0.15, 0.2) is 45.9 Å². The number of nitrogens with one attached hydrogen (secondary N) is 2. The van der Waals surface area contributed by atoms with Crippen LogP contribution in [-0.2, 0) is 0 Å². The normalized spacial score (nSPS) is 19.0. The van der Waals surface area contributed by atoms with E-state index in [9.17, 15) is 4.39 Å². The van der Waals surface area contributed by atoms with E-state index >= 15 is 0 Å². The fraction of sp³-hybridized carbons (Fsp3) is 0.421. The number of hydrogen-bond donors (Lipinski definition) is 2. The Morgan fingerprint density at radius 3 is 3.00 bits per heavy atom. The van der Waals surface area contributed by atoms with Gasteiger partial charge in [-0.05, 0) is 38.1 Å². The van der Waals surface area contributed by atoms with E-state index in [0.29, 0.717) is 16.5 Å². The first-order chi connectivity index (χ1) is 13.1. The molecule has 0 amide bonds. The molecule has 0 spiro atoms. The number of halogens is 2. The van der Waals surface area contributed by atoms with Gasteiger partial charge in [0.25, 0.3) is 0 Å².